The molecule has 0 N–H and O–H groups in total. The summed E-state index contributed by atoms with van der Waals surface area (Å²) in [5, 5.41) is 14.7. The maximum Gasteiger partial charge on any atom is 0.0721 e. The highest BCUT2D eigenvalue weighted by atomic mass is 14.7. The van der Waals surface area contributed by atoms with Crippen LogP contribution in [0.1, 0.15) is 0 Å². The molecule has 1 heteroatoms. The molecule has 13 rings (SSSR count). The lowest BCUT2D eigenvalue weighted by molar-refractivity contribution is 1.33. The zero-order valence-corrected chi connectivity index (χ0v) is 36.1. The van der Waals surface area contributed by atoms with E-state index >= 15 is 0 Å². The third-order valence-electron chi connectivity index (χ3n) is 13.6. The molecule has 1 heterocycles. The van der Waals surface area contributed by atoms with Crippen molar-refractivity contribution >= 4 is 64.6 Å². The van der Waals surface area contributed by atoms with Gasteiger partial charge in [0.15, 0.2) is 0 Å². The van der Waals surface area contributed by atoms with Gasteiger partial charge in [0.1, 0.15) is 0 Å². The van der Waals surface area contributed by atoms with E-state index in [-0.39, 0.29) is 0 Å². The molecular formula is C65H41N. The molecule has 0 amide bonds. The van der Waals surface area contributed by atoms with Crippen LogP contribution in [0.2, 0.25) is 0 Å². The molecule has 0 atom stereocenters. The molecule has 306 valence electrons. The molecular weight excluding hydrogens is 795 g/mol. The summed E-state index contributed by atoms with van der Waals surface area (Å²) >= 11 is 0. The minimum Gasteiger partial charge on any atom is -0.248 e. The van der Waals surface area contributed by atoms with E-state index in [1.54, 1.807) is 0 Å². The van der Waals surface area contributed by atoms with Gasteiger partial charge in [-0.2, -0.15) is 0 Å². The molecule has 0 aliphatic heterocycles. The summed E-state index contributed by atoms with van der Waals surface area (Å²) in [5.41, 5.74) is 13.8. The molecule has 0 unspecified atom stereocenters. The number of pyridine rings is 1. The van der Waals surface area contributed by atoms with Gasteiger partial charge >= 0.3 is 0 Å². The van der Waals surface area contributed by atoms with Gasteiger partial charge in [0.05, 0.1) is 11.4 Å². The van der Waals surface area contributed by atoms with Gasteiger partial charge in [0, 0.05) is 11.1 Å². The Bertz CT molecular complexity index is 3940. The van der Waals surface area contributed by atoms with Gasteiger partial charge in [-0.05, 0) is 139 Å². The molecule has 0 radical (unpaired) electrons. The second-order valence-electron chi connectivity index (χ2n) is 17.4. The predicted octanol–water partition coefficient (Wildman–Crippen LogP) is 18.0. The fraction of sp³-hybridized carbons (Fsp3) is 0. The highest BCUT2D eigenvalue weighted by Gasteiger charge is 2.19. The van der Waals surface area contributed by atoms with Crippen LogP contribution in [0.15, 0.2) is 249 Å². The standard InChI is InChI=1S/C65H41N/c1-3-17-48-37-51(33-31-42(48)13-1)64-58-23-9-10-24-59(58)65(52-34-32-43-14-2-4-18-49(43)38-52)61-39-50(35-36-60(61)64)44-27-29-45(30-28-44)53-40-62(56-25-11-19-46-15-5-7-21-54(46)56)66-63(41-53)57-26-12-20-47-16-6-8-22-55(47)57/h1-41H. The average molecular weight is 836 g/mol. The van der Waals surface area contributed by atoms with E-state index in [0.717, 1.165) is 33.6 Å². The third kappa shape index (κ3) is 6.44. The Kier molecular flexibility index (Phi) is 8.92. The highest BCUT2D eigenvalue weighted by Crippen LogP contribution is 2.46. The largest absolute Gasteiger partial charge is 0.248 e. The first kappa shape index (κ1) is 37.9. The van der Waals surface area contributed by atoms with Crippen LogP contribution >= 0.6 is 0 Å². The summed E-state index contributed by atoms with van der Waals surface area (Å²) in [7, 11) is 0. The Morgan fingerprint density at radius 2 is 0.576 bits per heavy atom. The maximum atomic E-state index is 5.41. The lowest BCUT2D eigenvalue weighted by Crippen LogP contribution is -1.93. The summed E-state index contributed by atoms with van der Waals surface area (Å²) in [5.74, 6) is 0. The zero-order chi connectivity index (χ0) is 43.6. The number of hydrogen-bond donors (Lipinski definition) is 0. The first-order valence-electron chi connectivity index (χ1n) is 22.8. The number of hydrogen-bond acceptors (Lipinski definition) is 1. The summed E-state index contributed by atoms with van der Waals surface area (Å²) < 4.78 is 0. The van der Waals surface area contributed by atoms with Crippen molar-refractivity contribution in [1.82, 2.24) is 4.98 Å². The summed E-state index contributed by atoms with van der Waals surface area (Å²) in [6.45, 7) is 0. The Morgan fingerprint density at radius 1 is 0.197 bits per heavy atom. The van der Waals surface area contributed by atoms with Gasteiger partial charge in [-0.25, -0.2) is 4.98 Å². The fourth-order valence-electron chi connectivity index (χ4n) is 10.4. The van der Waals surface area contributed by atoms with Crippen molar-refractivity contribution in [3.8, 4) is 67.0 Å². The van der Waals surface area contributed by atoms with E-state index < -0.39 is 0 Å². The van der Waals surface area contributed by atoms with Crippen LogP contribution in [-0.2, 0) is 0 Å². The lowest BCUT2D eigenvalue weighted by atomic mass is 9.84. The summed E-state index contributed by atoms with van der Waals surface area (Å²) in [4.78, 5) is 5.41. The molecule has 0 bridgehead atoms. The van der Waals surface area contributed by atoms with Gasteiger partial charge in [0.2, 0.25) is 0 Å². The number of nitrogens with zero attached hydrogens (tertiary/aromatic N) is 1. The number of rotatable bonds is 6. The predicted molar refractivity (Wildman–Crippen MR) is 282 cm³/mol. The van der Waals surface area contributed by atoms with Crippen LogP contribution in [-0.4, -0.2) is 4.98 Å². The van der Waals surface area contributed by atoms with Gasteiger partial charge in [-0.1, -0.05) is 218 Å². The van der Waals surface area contributed by atoms with Crippen LogP contribution in [0.25, 0.3) is 132 Å². The van der Waals surface area contributed by atoms with Crippen molar-refractivity contribution in [1.29, 1.82) is 0 Å². The molecule has 0 aliphatic carbocycles. The van der Waals surface area contributed by atoms with Crippen LogP contribution in [0, 0.1) is 0 Å². The van der Waals surface area contributed by atoms with Crippen molar-refractivity contribution in [3.63, 3.8) is 0 Å². The van der Waals surface area contributed by atoms with Crippen molar-refractivity contribution in [3.05, 3.63) is 249 Å². The molecule has 12 aromatic carbocycles. The molecule has 0 spiro atoms. The molecule has 66 heavy (non-hydrogen) atoms. The lowest BCUT2D eigenvalue weighted by Gasteiger charge is -2.19. The molecule has 0 saturated carbocycles. The molecule has 13 aromatic rings. The zero-order valence-electron chi connectivity index (χ0n) is 36.1. The van der Waals surface area contributed by atoms with E-state index in [2.05, 4.69) is 249 Å². The van der Waals surface area contributed by atoms with Crippen molar-refractivity contribution in [2.75, 3.05) is 0 Å². The fourth-order valence-corrected chi connectivity index (χ4v) is 10.4. The van der Waals surface area contributed by atoms with Crippen molar-refractivity contribution < 1.29 is 0 Å². The maximum absolute atomic E-state index is 5.41. The molecule has 1 nitrogen and oxygen atoms in total. The molecule has 0 aliphatic rings. The van der Waals surface area contributed by atoms with Crippen LogP contribution in [0.5, 0.6) is 0 Å². The minimum atomic E-state index is 0.960. The van der Waals surface area contributed by atoms with Gasteiger partial charge in [0.25, 0.3) is 0 Å². The molecule has 0 saturated heterocycles. The van der Waals surface area contributed by atoms with E-state index in [0.29, 0.717) is 0 Å². The molecule has 0 fully saturated rings. The number of fused-ring (bicyclic) bond motifs is 6. The Labute approximate surface area is 383 Å². The third-order valence-corrected chi connectivity index (χ3v) is 13.6. The smallest absolute Gasteiger partial charge is 0.0721 e. The quantitative estimate of drug-likeness (QED) is 0.152. The van der Waals surface area contributed by atoms with Gasteiger partial charge < -0.3 is 0 Å². The van der Waals surface area contributed by atoms with Crippen molar-refractivity contribution in [2.45, 2.75) is 0 Å². The van der Waals surface area contributed by atoms with E-state index in [1.807, 2.05) is 0 Å². The molecule has 1 aromatic heterocycles. The Balaban J connectivity index is 0.990. The number of benzene rings is 12. The second kappa shape index (κ2) is 15.6. The van der Waals surface area contributed by atoms with Crippen molar-refractivity contribution in [2.24, 2.45) is 0 Å². The average Bonchev–Trinajstić information content (AvgIpc) is 3.39. The van der Waals surface area contributed by atoms with E-state index in [1.165, 1.54) is 98.0 Å². The van der Waals surface area contributed by atoms with E-state index in [4.69, 9.17) is 4.98 Å². The normalized spacial score (nSPS) is 11.6. The minimum absolute atomic E-state index is 0.960. The van der Waals surface area contributed by atoms with Gasteiger partial charge in [-0.15, -0.1) is 0 Å². The number of aromatic nitrogens is 1. The van der Waals surface area contributed by atoms with Crippen LogP contribution in [0.4, 0.5) is 0 Å². The highest BCUT2D eigenvalue weighted by molar-refractivity contribution is 6.22. The Morgan fingerprint density at radius 3 is 1.11 bits per heavy atom. The summed E-state index contributed by atoms with van der Waals surface area (Å²) in [6.07, 6.45) is 0. The van der Waals surface area contributed by atoms with Crippen LogP contribution < -0.4 is 0 Å². The van der Waals surface area contributed by atoms with Crippen LogP contribution in [0.3, 0.4) is 0 Å². The first-order valence-corrected chi connectivity index (χ1v) is 22.8. The summed E-state index contributed by atoms with van der Waals surface area (Å²) in [6, 6.07) is 91.1. The monoisotopic (exact) mass is 835 g/mol. The SMILES string of the molecule is c1ccc2cc(-c3c4ccccc4c(-c4ccc5ccccc5c4)c4cc(-c5ccc(-c6cc(-c7cccc8ccccc78)nc(-c7cccc8ccccc78)c6)cc5)ccc34)ccc2c1. The van der Waals surface area contributed by atoms with E-state index in [9.17, 15) is 0 Å². The topological polar surface area (TPSA) is 12.9 Å². The van der Waals surface area contributed by atoms with Gasteiger partial charge in [-0.3, -0.25) is 0 Å². The first-order chi connectivity index (χ1) is 32.7. The second-order valence-corrected chi connectivity index (χ2v) is 17.4. The Hall–Kier alpha value is -8.65.